The molecule has 1 atom stereocenters. The molecule has 0 spiro atoms. The summed E-state index contributed by atoms with van der Waals surface area (Å²) in [6, 6.07) is 16.0. The Morgan fingerprint density at radius 3 is 2.27 bits per heavy atom. The van der Waals surface area contributed by atoms with Crippen molar-refractivity contribution in [1.82, 2.24) is 4.90 Å². The molecule has 4 heteroatoms. The van der Waals surface area contributed by atoms with Crippen LogP contribution in [-0.4, -0.2) is 43.7 Å². The molecule has 138 valence electrons. The van der Waals surface area contributed by atoms with E-state index in [2.05, 4.69) is 45.9 Å². The maximum absolute atomic E-state index is 13.3. The molecular formula is C22H28FN3. The number of benzene rings is 2. The predicted octanol–water partition coefficient (Wildman–Crippen LogP) is 4.66. The average molecular weight is 353 g/mol. The van der Waals surface area contributed by atoms with Crippen LogP contribution in [0.4, 0.5) is 21.5 Å². The molecule has 0 aromatic heterocycles. The van der Waals surface area contributed by atoms with Gasteiger partial charge in [0, 0.05) is 31.4 Å². The van der Waals surface area contributed by atoms with Crippen LogP contribution in [0, 0.1) is 5.82 Å². The highest BCUT2D eigenvalue weighted by Gasteiger charge is 2.26. The summed E-state index contributed by atoms with van der Waals surface area (Å²) in [5.74, 6) is -0.184. The molecule has 2 aliphatic heterocycles. The molecule has 0 amide bonds. The first-order valence-electron chi connectivity index (χ1n) is 9.83. The van der Waals surface area contributed by atoms with Gasteiger partial charge < -0.3 is 9.80 Å². The zero-order valence-electron chi connectivity index (χ0n) is 15.6. The fourth-order valence-electron chi connectivity index (χ4n) is 4.29. The first-order valence-corrected chi connectivity index (χ1v) is 9.83. The number of anilines is 3. The van der Waals surface area contributed by atoms with E-state index in [9.17, 15) is 4.39 Å². The van der Waals surface area contributed by atoms with Crippen molar-refractivity contribution in [3.8, 4) is 0 Å². The number of halogens is 1. The molecule has 4 rings (SSSR count). The second kappa shape index (κ2) is 7.67. The standard InChI is InChI=1S/C22H28FN3/c1-18(24-13-5-2-6-14-24)17-25-15-16-26(20-11-9-19(23)10-12-20)22-8-4-3-7-21(22)25/h3-4,7-12,18H,2,5-6,13-17H2,1H3. The van der Waals surface area contributed by atoms with Crippen LogP contribution < -0.4 is 9.80 Å². The van der Waals surface area contributed by atoms with Crippen molar-refractivity contribution in [1.29, 1.82) is 0 Å². The Balaban J connectivity index is 1.54. The van der Waals surface area contributed by atoms with Gasteiger partial charge in [0.15, 0.2) is 0 Å². The first kappa shape index (κ1) is 17.3. The van der Waals surface area contributed by atoms with E-state index in [0.717, 1.165) is 25.3 Å². The van der Waals surface area contributed by atoms with Gasteiger partial charge in [-0.1, -0.05) is 18.6 Å². The van der Waals surface area contributed by atoms with Gasteiger partial charge in [0.05, 0.1) is 11.4 Å². The Labute approximate surface area is 156 Å². The summed E-state index contributed by atoms with van der Waals surface area (Å²) in [5, 5.41) is 0. The third kappa shape index (κ3) is 3.56. The molecule has 0 radical (unpaired) electrons. The SMILES string of the molecule is CC(CN1CCN(c2ccc(F)cc2)c2ccccc21)N1CCCCC1. The van der Waals surface area contributed by atoms with Crippen molar-refractivity contribution in [3.05, 3.63) is 54.3 Å². The van der Waals surface area contributed by atoms with Crippen molar-refractivity contribution < 1.29 is 4.39 Å². The molecule has 2 heterocycles. The second-order valence-electron chi connectivity index (χ2n) is 7.51. The van der Waals surface area contributed by atoms with Gasteiger partial charge in [-0.05, 0) is 69.3 Å². The van der Waals surface area contributed by atoms with Crippen LogP contribution >= 0.6 is 0 Å². The van der Waals surface area contributed by atoms with Crippen LogP contribution in [-0.2, 0) is 0 Å². The van der Waals surface area contributed by atoms with Crippen LogP contribution in [0.15, 0.2) is 48.5 Å². The average Bonchev–Trinajstić information content (AvgIpc) is 2.70. The summed E-state index contributed by atoms with van der Waals surface area (Å²) in [5.41, 5.74) is 3.56. The molecule has 1 saturated heterocycles. The quantitative estimate of drug-likeness (QED) is 0.792. The molecule has 0 aliphatic carbocycles. The molecular weight excluding hydrogens is 325 g/mol. The van der Waals surface area contributed by atoms with Gasteiger partial charge in [-0.15, -0.1) is 0 Å². The Hall–Kier alpha value is -2.07. The molecule has 1 unspecified atom stereocenters. The maximum atomic E-state index is 13.3. The number of hydrogen-bond acceptors (Lipinski definition) is 3. The minimum absolute atomic E-state index is 0.184. The third-order valence-corrected chi connectivity index (χ3v) is 5.74. The van der Waals surface area contributed by atoms with Crippen molar-refractivity contribution in [2.24, 2.45) is 0 Å². The first-order chi connectivity index (χ1) is 12.7. The van der Waals surface area contributed by atoms with Gasteiger partial charge in [0.2, 0.25) is 0 Å². The van der Waals surface area contributed by atoms with E-state index >= 15 is 0 Å². The Morgan fingerprint density at radius 2 is 1.54 bits per heavy atom. The summed E-state index contributed by atoms with van der Waals surface area (Å²) in [6.07, 6.45) is 4.04. The third-order valence-electron chi connectivity index (χ3n) is 5.74. The van der Waals surface area contributed by atoms with Crippen LogP contribution in [0.25, 0.3) is 0 Å². The van der Waals surface area contributed by atoms with E-state index < -0.39 is 0 Å². The van der Waals surface area contributed by atoms with Gasteiger partial charge in [-0.25, -0.2) is 4.39 Å². The summed E-state index contributed by atoms with van der Waals surface area (Å²) in [7, 11) is 0. The zero-order chi connectivity index (χ0) is 17.9. The second-order valence-corrected chi connectivity index (χ2v) is 7.51. The lowest BCUT2D eigenvalue weighted by atomic mass is 10.1. The molecule has 0 saturated carbocycles. The van der Waals surface area contributed by atoms with E-state index in [1.807, 2.05) is 12.1 Å². The van der Waals surface area contributed by atoms with Gasteiger partial charge >= 0.3 is 0 Å². The van der Waals surface area contributed by atoms with Gasteiger partial charge in [-0.3, -0.25) is 4.90 Å². The van der Waals surface area contributed by atoms with Gasteiger partial charge in [0.25, 0.3) is 0 Å². The highest BCUT2D eigenvalue weighted by atomic mass is 19.1. The van der Waals surface area contributed by atoms with E-state index in [1.165, 1.54) is 43.7 Å². The predicted molar refractivity (Wildman–Crippen MR) is 107 cm³/mol. The Morgan fingerprint density at radius 1 is 0.846 bits per heavy atom. The lowest BCUT2D eigenvalue weighted by molar-refractivity contribution is 0.176. The molecule has 2 aliphatic rings. The fraction of sp³-hybridized carbons (Fsp3) is 0.455. The number of para-hydroxylation sites is 2. The largest absolute Gasteiger partial charge is 0.367 e. The van der Waals surface area contributed by atoms with E-state index in [1.54, 1.807) is 12.1 Å². The van der Waals surface area contributed by atoms with Crippen LogP contribution in [0.1, 0.15) is 26.2 Å². The number of rotatable bonds is 4. The normalized spacial score (nSPS) is 19.3. The van der Waals surface area contributed by atoms with E-state index in [0.29, 0.717) is 6.04 Å². The maximum Gasteiger partial charge on any atom is 0.123 e. The van der Waals surface area contributed by atoms with Crippen LogP contribution in [0.5, 0.6) is 0 Å². The van der Waals surface area contributed by atoms with Crippen molar-refractivity contribution in [2.75, 3.05) is 42.5 Å². The summed E-state index contributed by atoms with van der Waals surface area (Å²) < 4.78 is 13.3. The van der Waals surface area contributed by atoms with Crippen molar-refractivity contribution >= 4 is 17.1 Å². The number of piperidine rings is 1. The summed E-state index contributed by atoms with van der Waals surface area (Å²) in [4.78, 5) is 7.46. The fourth-order valence-corrected chi connectivity index (χ4v) is 4.29. The van der Waals surface area contributed by atoms with E-state index in [-0.39, 0.29) is 5.82 Å². The topological polar surface area (TPSA) is 9.72 Å². The number of nitrogens with zero attached hydrogens (tertiary/aromatic N) is 3. The van der Waals surface area contributed by atoms with Crippen LogP contribution in [0.3, 0.4) is 0 Å². The lowest BCUT2D eigenvalue weighted by Crippen LogP contribution is -2.48. The monoisotopic (exact) mass is 353 g/mol. The smallest absolute Gasteiger partial charge is 0.123 e. The molecule has 0 bridgehead atoms. The Bertz CT molecular complexity index is 724. The molecule has 26 heavy (non-hydrogen) atoms. The number of hydrogen-bond donors (Lipinski definition) is 0. The number of likely N-dealkylation sites (tertiary alicyclic amines) is 1. The van der Waals surface area contributed by atoms with Crippen LogP contribution in [0.2, 0.25) is 0 Å². The van der Waals surface area contributed by atoms with Gasteiger partial charge in [-0.2, -0.15) is 0 Å². The molecule has 0 N–H and O–H groups in total. The van der Waals surface area contributed by atoms with E-state index in [4.69, 9.17) is 0 Å². The lowest BCUT2D eigenvalue weighted by Gasteiger charge is -2.42. The Kier molecular flexibility index (Phi) is 5.11. The zero-order valence-corrected chi connectivity index (χ0v) is 15.6. The molecule has 3 nitrogen and oxygen atoms in total. The van der Waals surface area contributed by atoms with Crippen molar-refractivity contribution in [3.63, 3.8) is 0 Å². The number of fused-ring (bicyclic) bond motifs is 1. The molecule has 1 fully saturated rings. The highest BCUT2D eigenvalue weighted by molar-refractivity contribution is 5.79. The minimum atomic E-state index is -0.184. The molecule has 2 aromatic carbocycles. The van der Waals surface area contributed by atoms with Crippen molar-refractivity contribution in [2.45, 2.75) is 32.2 Å². The van der Waals surface area contributed by atoms with Gasteiger partial charge in [0.1, 0.15) is 5.82 Å². The highest BCUT2D eigenvalue weighted by Crippen LogP contribution is 2.37. The minimum Gasteiger partial charge on any atom is -0.367 e. The molecule has 2 aromatic rings. The summed E-state index contributed by atoms with van der Waals surface area (Å²) in [6.45, 7) is 7.81. The summed E-state index contributed by atoms with van der Waals surface area (Å²) >= 11 is 0.